The van der Waals surface area contributed by atoms with Crippen molar-refractivity contribution in [2.75, 3.05) is 52.8 Å². The monoisotopic (exact) mass is 279 g/mol. The lowest BCUT2D eigenvalue weighted by Crippen LogP contribution is -2.38. The molecule has 3 N–H and O–H groups in total. The Kier molecular flexibility index (Phi) is 11.4. The molecule has 0 amide bonds. The summed E-state index contributed by atoms with van der Waals surface area (Å²) in [6.07, 6.45) is -0.807. The summed E-state index contributed by atoms with van der Waals surface area (Å²) in [6.45, 7) is 9.64. The average molecular weight is 279 g/mol. The number of ether oxygens (including phenoxy) is 3. The zero-order valence-electron chi connectivity index (χ0n) is 12.4. The van der Waals surface area contributed by atoms with Gasteiger partial charge in [0, 0.05) is 12.1 Å². The van der Waals surface area contributed by atoms with E-state index in [1.165, 1.54) is 0 Å². The molecule has 1 unspecified atom stereocenters. The molecule has 19 heavy (non-hydrogen) atoms. The van der Waals surface area contributed by atoms with Crippen molar-refractivity contribution in [3.8, 4) is 0 Å². The van der Waals surface area contributed by atoms with Gasteiger partial charge in [-0.25, -0.2) is 0 Å². The third kappa shape index (κ3) is 15.7. The second kappa shape index (κ2) is 11.6. The van der Waals surface area contributed by atoms with Crippen LogP contribution in [0.2, 0.25) is 0 Å². The van der Waals surface area contributed by atoms with Crippen LogP contribution in [-0.2, 0) is 14.2 Å². The Hall–Kier alpha value is -0.240. The molecule has 0 aliphatic rings. The van der Waals surface area contributed by atoms with Crippen LogP contribution >= 0.6 is 0 Å². The first-order chi connectivity index (χ1) is 8.95. The zero-order chi connectivity index (χ0) is 14.6. The van der Waals surface area contributed by atoms with Gasteiger partial charge in [-0.05, 0) is 20.8 Å². The van der Waals surface area contributed by atoms with Crippen molar-refractivity contribution >= 4 is 0 Å². The molecule has 0 aromatic rings. The molecular weight excluding hydrogens is 250 g/mol. The first-order valence-corrected chi connectivity index (χ1v) is 6.73. The van der Waals surface area contributed by atoms with Crippen molar-refractivity contribution < 1.29 is 24.4 Å². The van der Waals surface area contributed by atoms with E-state index in [4.69, 9.17) is 24.4 Å². The molecule has 0 saturated carbocycles. The first kappa shape index (κ1) is 18.8. The molecule has 0 aliphatic carbocycles. The minimum Gasteiger partial charge on any atom is -0.394 e. The van der Waals surface area contributed by atoms with Gasteiger partial charge in [0.05, 0.1) is 46.2 Å². The number of rotatable bonds is 12. The van der Waals surface area contributed by atoms with Gasteiger partial charge in [-0.3, -0.25) is 0 Å². The molecule has 0 heterocycles. The lowest BCUT2D eigenvalue weighted by molar-refractivity contribution is -0.0227. The highest BCUT2D eigenvalue weighted by atomic mass is 16.5. The maximum Gasteiger partial charge on any atom is 0.100 e. The molecule has 116 valence electrons. The predicted molar refractivity (Wildman–Crippen MR) is 73.3 cm³/mol. The number of hydrogen-bond donors (Lipinski definition) is 3. The van der Waals surface area contributed by atoms with E-state index < -0.39 is 6.10 Å². The summed E-state index contributed by atoms with van der Waals surface area (Å²) in [5.41, 5.74) is 0.121. The second-order valence-corrected chi connectivity index (χ2v) is 5.31. The van der Waals surface area contributed by atoms with Crippen LogP contribution in [0.4, 0.5) is 0 Å². The summed E-state index contributed by atoms with van der Waals surface area (Å²) in [5.74, 6) is 0. The molecule has 0 bridgehead atoms. The Morgan fingerprint density at radius 2 is 1.47 bits per heavy atom. The van der Waals surface area contributed by atoms with Gasteiger partial charge < -0.3 is 29.7 Å². The van der Waals surface area contributed by atoms with E-state index in [9.17, 15) is 0 Å². The van der Waals surface area contributed by atoms with Crippen molar-refractivity contribution in [1.29, 1.82) is 0 Å². The Bertz CT molecular complexity index is 196. The molecule has 0 aliphatic heterocycles. The van der Waals surface area contributed by atoms with Gasteiger partial charge in [0.1, 0.15) is 6.10 Å². The molecular formula is C13H29NO5. The van der Waals surface area contributed by atoms with Crippen LogP contribution in [0.5, 0.6) is 0 Å². The van der Waals surface area contributed by atoms with Crippen LogP contribution in [0, 0.1) is 0 Å². The maximum absolute atomic E-state index is 9.00. The van der Waals surface area contributed by atoms with Crippen LogP contribution in [0.1, 0.15) is 20.8 Å². The number of hydrogen-bond acceptors (Lipinski definition) is 6. The molecule has 0 radical (unpaired) electrons. The summed E-state index contributed by atoms with van der Waals surface area (Å²) < 4.78 is 15.8. The highest BCUT2D eigenvalue weighted by molar-refractivity contribution is 4.69. The van der Waals surface area contributed by atoms with E-state index in [2.05, 4.69) is 26.1 Å². The van der Waals surface area contributed by atoms with Gasteiger partial charge in [-0.2, -0.15) is 0 Å². The number of aliphatic hydroxyl groups is 2. The molecule has 0 aromatic heterocycles. The Morgan fingerprint density at radius 3 is 2.00 bits per heavy atom. The molecule has 0 saturated heterocycles. The minimum absolute atomic E-state index is 0.121. The summed E-state index contributed by atoms with van der Waals surface area (Å²) in [7, 11) is 0. The fourth-order valence-electron chi connectivity index (χ4n) is 1.21. The van der Waals surface area contributed by atoms with E-state index in [1.54, 1.807) is 0 Å². The van der Waals surface area contributed by atoms with Crippen LogP contribution in [-0.4, -0.2) is 74.6 Å². The van der Waals surface area contributed by atoms with Gasteiger partial charge in [0.15, 0.2) is 0 Å². The van der Waals surface area contributed by atoms with E-state index >= 15 is 0 Å². The van der Waals surface area contributed by atoms with Crippen LogP contribution in [0.25, 0.3) is 0 Å². The molecule has 0 aromatic carbocycles. The van der Waals surface area contributed by atoms with Crippen molar-refractivity contribution in [1.82, 2.24) is 5.32 Å². The normalized spacial score (nSPS) is 13.7. The molecule has 6 nitrogen and oxygen atoms in total. The highest BCUT2D eigenvalue weighted by Gasteiger charge is 2.06. The summed E-state index contributed by atoms with van der Waals surface area (Å²) in [6, 6.07) is 0. The lowest BCUT2D eigenvalue weighted by Gasteiger charge is -2.20. The molecule has 0 rings (SSSR count). The fourth-order valence-corrected chi connectivity index (χ4v) is 1.21. The van der Waals surface area contributed by atoms with E-state index in [0.717, 1.165) is 6.54 Å². The molecule has 0 fully saturated rings. The Labute approximate surface area is 116 Å². The zero-order valence-corrected chi connectivity index (χ0v) is 12.4. The fraction of sp³-hybridized carbons (Fsp3) is 1.00. The number of nitrogens with one attached hydrogen (secondary N) is 1. The van der Waals surface area contributed by atoms with Crippen molar-refractivity contribution in [3.05, 3.63) is 0 Å². The Morgan fingerprint density at radius 1 is 0.947 bits per heavy atom. The Balaban J connectivity index is 3.07. The number of aliphatic hydroxyl groups excluding tert-OH is 2. The average Bonchev–Trinajstić information content (AvgIpc) is 2.34. The van der Waals surface area contributed by atoms with Crippen molar-refractivity contribution in [2.24, 2.45) is 0 Å². The van der Waals surface area contributed by atoms with Gasteiger partial charge in [-0.15, -0.1) is 0 Å². The van der Waals surface area contributed by atoms with E-state index in [-0.39, 0.29) is 18.8 Å². The van der Waals surface area contributed by atoms with Gasteiger partial charge in [0.2, 0.25) is 0 Å². The predicted octanol–water partition coefficient (Wildman–Crippen LogP) is -0.222. The smallest absolute Gasteiger partial charge is 0.100 e. The standard InChI is InChI=1S/C13H29NO5/c1-13(2,3)14-4-5-17-6-7-18-8-9-19-11-12(16)10-15/h12,14-16H,4-11H2,1-3H3. The van der Waals surface area contributed by atoms with Crippen LogP contribution in [0.3, 0.4) is 0 Å². The van der Waals surface area contributed by atoms with Crippen LogP contribution < -0.4 is 5.32 Å². The van der Waals surface area contributed by atoms with Gasteiger partial charge in [0.25, 0.3) is 0 Å². The third-order valence-corrected chi connectivity index (χ3v) is 2.17. The molecule has 0 spiro atoms. The first-order valence-electron chi connectivity index (χ1n) is 6.73. The topological polar surface area (TPSA) is 80.2 Å². The summed E-state index contributed by atoms with van der Waals surface area (Å²) >= 11 is 0. The molecule has 1 atom stereocenters. The summed E-state index contributed by atoms with van der Waals surface area (Å²) in [5, 5.41) is 20.9. The van der Waals surface area contributed by atoms with Gasteiger partial charge in [-0.1, -0.05) is 0 Å². The van der Waals surface area contributed by atoms with E-state index in [1.807, 2.05) is 0 Å². The minimum atomic E-state index is -0.807. The highest BCUT2D eigenvalue weighted by Crippen LogP contribution is 1.96. The quantitative estimate of drug-likeness (QED) is 0.429. The van der Waals surface area contributed by atoms with Crippen molar-refractivity contribution in [3.63, 3.8) is 0 Å². The molecule has 6 heteroatoms. The van der Waals surface area contributed by atoms with Crippen LogP contribution in [0.15, 0.2) is 0 Å². The van der Waals surface area contributed by atoms with E-state index in [0.29, 0.717) is 33.0 Å². The lowest BCUT2D eigenvalue weighted by atomic mass is 10.1. The van der Waals surface area contributed by atoms with Crippen molar-refractivity contribution in [2.45, 2.75) is 32.4 Å². The third-order valence-electron chi connectivity index (χ3n) is 2.17. The largest absolute Gasteiger partial charge is 0.394 e. The maximum atomic E-state index is 9.00. The van der Waals surface area contributed by atoms with Gasteiger partial charge >= 0.3 is 0 Å². The SMILES string of the molecule is CC(C)(C)NCCOCCOCCOCC(O)CO. The summed E-state index contributed by atoms with van der Waals surface area (Å²) in [4.78, 5) is 0. The second-order valence-electron chi connectivity index (χ2n) is 5.31.